The molecule has 438 valence electrons. The van der Waals surface area contributed by atoms with Crippen LogP contribution in [0.25, 0.3) is 33.5 Å². The van der Waals surface area contributed by atoms with Crippen molar-refractivity contribution in [2.75, 3.05) is 57.8 Å². The van der Waals surface area contributed by atoms with Gasteiger partial charge in [-0.15, -0.1) is 0 Å². The molecule has 3 aliphatic heterocycles. The number of aryl methyl sites for hydroxylation is 1. The molecule has 3 saturated heterocycles. The smallest absolute Gasteiger partial charge is 0.449 e. The summed E-state index contributed by atoms with van der Waals surface area (Å²) in [6.45, 7) is -4.00. The number of aliphatic hydroxyl groups excluding tert-OH is 3. The van der Waals surface area contributed by atoms with Crippen molar-refractivity contribution in [3.63, 3.8) is 0 Å². The SMILES string of the molecule is CNC(=O)OC[C@H]1[C@@H](O)[C@H]([n+]2cn(C)c3c(=O)[nH]c(N)nc32)O[C@@H]1COP(=O)(O)OP(=O)(O)OP(=O)(O)OC[C@H]1O[C@@H](n2cnc3c(N)ncnc32)[C@H](OC)[C@@H]1OP(=O)(O)OC[C@H]1O[C@@H](n2cnc3c(=O)[nH]c(N)nc32)[C@H](O)[C@@H]1O. The molecule has 0 bridgehead atoms. The molecular weight excluding hydrogens is 1170 g/mol. The third-order valence-electron chi connectivity index (χ3n) is 12.4. The summed E-state index contributed by atoms with van der Waals surface area (Å²) in [4.78, 5) is 109. The summed E-state index contributed by atoms with van der Waals surface area (Å²) < 4.78 is 115. The highest BCUT2D eigenvalue weighted by atomic mass is 31.3. The van der Waals surface area contributed by atoms with E-state index in [2.05, 4.69) is 53.8 Å². The van der Waals surface area contributed by atoms with Crippen LogP contribution < -0.4 is 38.2 Å². The first-order valence-corrected chi connectivity index (χ1v) is 28.7. The van der Waals surface area contributed by atoms with Gasteiger partial charge in [-0.2, -0.15) is 13.6 Å². The normalized spacial score (nSPS) is 29.2. The van der Waals surface area contributed by atoms with Crippen molar-refractivity contribution >= 4 is 88.6 Å². The monoisotopic (exact) mass is 1220 g/mol. The van der Waals surface area contributed by atoms with Gasteiger partial charge >= 0.3 is 43.0 Å². The lowest BCUT2D eigenvalue weighted by atomic mass is 9.99. The zero-order valence-electron chi connectivity index (χ0n) is 41.0. The van der Waals surface area contributed by atoms with Crippen molar-refractivity contribution in [2.45, 2.75) is 67.5 Å². The van der Waals surface area contributed by atoms with Crippen molar-refractivity contribution in [3.8, 4) is 0 Å². The van der Waals surface area contributed by atoms with Crippen LogP contribution in [0, 0.1) is 5.92 Å². The average Bonchev–Trinajstić information content (AvgIpc) is 4.23. The third kappa shape index (κ3) is 12.0. The van der Waals surface area contributed by atoms with E-state index in [-0.39, 0.29) is 51.2 Å². The van der Waals surface area contributed by atoms with Crippen molar-refractivity contribution in [2.24, 2.45) is 13.0 Å². The first-order valence-electron chi connectivity index (χ1n) is 22.8. The number of nitrogens with zero attached hydrogens (tertiary/aromatic N) is 10. The van der Waals surface area contributed by atoms with E-state index in [0.717, 1.165) is 30.7 Å². The summed E-state index contributed by atoms with van der Waals surface area (Å²) >= 11 is 0. The van der Waals surface area contributed by atoms with Gasteiger partial charge in [0.1, 0.15) is 61.2 Å². The summed E-state index contributed by atoms with van der Waals surface area (Å²) in [5, 5.41) is 35.3. The molecule has 6 aromatic rings. The Morgan fingerprint density at radius 3 is 2.00 bits per heavy atom. The summed E-state index contributed by atoms with van der Waals surface area (Å²) in [6, 6.07) is 0. The Hall–Kier alpha value is -5.84. The Bertz CT molecular complexity index is 3640. The third-order valence-corrected chi connectivity index (χ3v) is 17.6. The average molecular weight is 1220 g/mol. The van der Waals surface area contributed by atoms with E-state index in [0.29, 0.717) is 0 Å². The molecule has 0 radical (unpaired) electrons. The van der Waals surface area contributed by atoms with Crippen molar-refractivity contribution in [1.82, 2.24) is 58.9 Å². The predicted molar refractivity (Wildman–Crippen MR) is 257 cm³/mol. The van der Waals surface area contributed by atoms with Crippen LogP contribution in [0.3, 0.4) is 0 Å². The lowest BCUT2D eigenvalue weighted by Crippen LogP contribution is -2.45. The maximum Gasteiger partial charge on any atom is 0.490 e. The number of methoxy groups -OCH3 is 1. The van der Waals surface area contributed by atoms with Crippen molar-refractivity contribution in [3.05, 3.63) is 46.0 Å². The molecule has 3 aliphatic rings. The van der Waals surface area contributed by atoms with Crippen LogP contribution in [0.1, 0.15) is 18.7 Å². The minimum atomic E-state index is -6.25. The van der Waals surface area contributed by atoms with Gasteiger partial charge in [-0.3, -0.25) is 51.4 Å². The number of rotatable bonds is 21. The van der Waals surface area contributed by atoms with Gasteiger partial charge in [-0.25, -0.2) is 47.6 Å². The lowest BCUT2D eigenvalue weighted by molar-refractivity contribution is -0.745. The van der Waals surface area contributed by atoms with Gasteiger partial charge in [-0.05, 0) is 0 Å². The molecule has 4 unspecified atom stereocenters. The molecule has 0 aliphatic carbocycles. The molecule has 0 saturated carbocycles. The van der Waals surface area contributed by atoms with Gasteiger partial charge in [0.05, 0.1) is 51.5 Å². The Morgan fingerprint density at radius 1 is 0.725 bits per heavy atom. The molecular formula is C35H49N16O25P4+. The number of carbonyl (C=O) groups excluding carboxylic acids is 1. The minimum Gasteiger partial charge on any atom is -0.449 e. The summed E-state index contributed by atoms with van der Waals surface area (Å²) in [5.74, 6) is -2.04. The second-order valence-corrected chi connectivity index (χ2v) is 23.5. The zero-order chi connectivity index (χ0) is 58.0. The number of carbonyl (C=O) groups is 1. The van der Waals surface area contributed by atoms with Crippen LogP contribution in [-0.4, -0.2) is 184 Å². The predicted octanol–water partition coefficient (Wildman–Crippen LogP) is -4.10. The number of alkyl carbamates (subject to hydrolysis) is 1. The largest absolute Gasteiger partial charge is 0.490 e. The van der Waals surface area contributed by atoms with Crippen LogP contribution in [-0.2, 0) is 75.7 Å². The number of H-pyrrole nitrogens is 2. The molecule has 3 fully saturated rings. The topological polar surface area (TPSA) is 580 Å². The molecule has 45 heteroatoms. The highest BCUT2D eigenvalue weighted by Crippen LogP contribution is 2.68. The fourth-order valence-electron chi connectivity index (χ4n) is 8.83. The number of fused-ring (bicyclic) bond motifs is 3. The second kappa shape index (κ2) is 22.5. The highest BCUT2D eigenvalue weighted by molar-refractivity contribution is 7.66. The van der Waals surface area contributed by atoms with Crippen LogP contribution in [0.2, 0.25) is 0 Å². The van der Waals surface area contributed by atoms with E-state index in [9.17, 15) is 67.5 Å². The highest BCUT2D eigenvalue weighted by Gasteiger charge is 2.54. The van der Waals surface area contributed by atoms with E-state index >= 15 is 0 Å². The number of aromatic nitrogens is 12. The fraction of sp³-hybridized carbons (Fsp3) is 0.543. The van der Waals surface area contributed by atoms with Gasteiger partial charge in [-0.1, -0.05) is 4.98 Å². The number of amides is 1. The molecule has 0 spiro atoms. The number of phosphoric acid groups is 4. The first kappa shape index (κ1) is 58.8. The minimum absolute atomic E-state index is 0.000203. The van der Waals surface area contributed by atoms with E-state index in [4.69, 9.17) is 59.0 Å². The van der Waals surface area contributed by atoms with Crippen molar-refractivity contribution < 1.29 is 113 Å². The number of phosphoric ester groups is 3. The van der Waals surface area contributed by atoms with E-state index < -0.39 is 148 Å². The number of aliphatic hydroxyl groups is 3. The van der Waals surface area contributed by atoms with Gasteiger partial charge < -0.3 is 81.1 Å². The van der Waals surface area contributed by atoms with Crippen LogP contribution >= 0.6 is 31.3 Å². The number of hydrogen-bond acceptors (Lipinski definition) is 30. The van der Waals surface area contributed by atoms with Gasteiger partial charge in [0, 0.05) is 14.2 Å². The van der Waals surface area contributed by atoms with Crippen LogP contribution in [0.5, 0.6) is 0 Å². The lowest BCUT2D eigenvalue weighted by Gasteiger charge is -2.26. The number of nitrogens with two attached hydrogens (primary N) is 3. The summed E-state index contributed by atoms with van der Waals surface area (Å²) in [7, 11) is -19.9. The zero-order valence-corrected chi connectivity index (χ0v) is 44.6. The Labute approximate surface area is 443 Å². The van der Waals surface area contributed by atoms with E-state index in [1.807, 2.05) is 0 Å². The molecule has 9 rings (SSSR count). The van der Waals surface area contributed by atoms with Crippen molar-refractivity contribution in [1.29, 1.82) is 0 Å². The summed E-state index contributed by atoms with van der Waals surface area (Å²) in [5.41, 5.74) is 15.5. The standard InChI is InChI=1S/C35H48N16O25P4/c1-39-35(57)67-4-12-13(71-30(19(12)52)51-11-48(2)18-27(51)45-34(38)47-29(18)56)5-69-78(60,61)75-80(64,65)76-79(62,63)70-7-15-22(23(66-3)32(73-15)49-9-42-16-24(36)40-8-41-25(16)49)74-77(58,59)68-6-14-20(53)21(54)31(72-14)50-10-43-17-26(50)44-33(37)46-28(17)55/h8-15,19-23,30-32,52-54H,4-7H2,1-3H3,(H12-,36,37,38,39,40,41,44,45,46,47,55,56,57,58,59,60,61,62,63,64,65)/p+1/t12-,13-,14-,15-,19-,20-,21-,22-,23-,30-,31-,32-/m1/s1. The number of hydrogen-bond donors (Lipinski definition) is 13. The number of anilines is 3. The second-order valence-electron chi connectivity index (χ2n) is 17.5. The maximum absolute atomic E-state index is 13.7. The number of aromatic amines is 2. The maximum atomic E-state index is 13.7. The van der Waals surface area contributed by atoms with Gasteiger partial charge in [0.15, 0.2) is 41.4 Å². The fourth-order valence-corrected chi connectivity index (χ4v) is 13.3. The molecule has 6 aromatic heterocycles. The number of imidazole rings is 3. The number of nitrogen functional groups attached to an aromatic ring is 3. The van der Waals surface area contributed by atoms with E-state index in [1.165, 1.54) is 34.1 Å². The quantitative estimate of drug-likeness (QED) is 0.0241. The van der Waals surface area contributed by atoms with E-state index in [1.54, 1.807) is 0 Å². The number of nitrogens with one attached hydrogen (secondary N) is 3. The molecule has 41 nitrogen and oxygen atoms in total. The van der Waals surface area contributed by atoms with Crippen LogP contribution in [0.4, 0.5) is 22.5 Å². The summed E-state index contributed by atoms with van der Waals surface area (Å²) in [6.07, 6.45) is -14.6. The Morgan fingerprint density at radius 2 is 1.32 bits per heavy atom. The van der Waals surface area contributed by atoms with Crippen LogP contribution in [0.15, 0.2) is 34.9 Å². The molecule has 1 amide bonds. The molecule has 16 N–H and O–H groups in total. The van der Waals surface area contributed by atoms with Gasteiger partial charge in [0.25, 0.3) is 17.1 Å². The first-order chi connectivity index (χ1) is 37.6. The molecule has 0 aromatic carbocycles. The number of ether oxygens (including phenoxy) is 5. The van der Waals surface area contributed by atoms with Gasteiger partial charge in [0.2, 0.25) is 17.7 Å². The Kier molecular flexibility index (Phi) is 16.5. The molecule has 16 atom stereocenters. The Balaban J connectivity index is 0.876. The molecule has 9 heterocycles. The molecule has 80 heavy (non-hydrogen) atoms.